The molecule has 0 aliphatic carbocycles. The largest absolute Gasteiger partial charge is 0.296 e. The molecule has 1 aromatic rings. The Balaban J connectivity index is 1.60. The normalized spacial score (nSPS) is 21.8. The molecule has 0 aromatic heterocycles. The Morgan fingerprint density at radius 2 is 1.61 bits per heavy atom. The molecule has 8 heteroatoms. The van der Waals surface area contributed by atoms with E-state index in [-0.39, 0.29) is 5.82 Å². The minimum Gasteiger partial charge on any atom is -0.296 e. The Bertz CT molecular complexity index is 636. The van der Waals surface area contributed by atoms with E-state index in [9.17, 15) is 12.8 Å². The van der Waals surface area contributed by atoms with Gasteiger partial charge in [-0.1, -0.05) is 17.7 Å². The topological polar surface area (TPSA) is 43.9 Å². The maximum Gasteiger partial charge on any atom is 0.282 e. The zero-order valence-corrected chi connectivity index (χ0v) is 14.5. The molecule has 0 spiro atoms. The van der Waals surface area contributed by atoms with Gasteiger partial charge in [-0.05, 0) is 25.0 Å². The third kappa shape index (κ3) is 3.69. The number of piperazine rings is 1. The molecule has 23 heavy (non-hydrogen) atoms. The van der Waals surface area contributed by atoms with Crippen molar-refractivity contribution in [2.75, 3.05) is 39.3 Å². The molecule has 0 radical (unpaired) electrons. The van der Waals surface area contributed by atoms with Gasteiger partial charge in [-0.25, -0.2) is 4.39 Å². The highest BCUT2D eigenvalue weighted by molar-refractivity contribution is 7.86. The zero-order chi connectivity index (χ0) is 16.4. The van der Waals surface area contributed by atoms with Crippen LogP contribution in [0.5, 0.6) is 0 Å². The number of hydrogen-bond acceptors (Lipinski definition) is 3. The fraction of sp³-hybridized carbons (Fsp3) is 0.600. The van der Waals surface area contributed by atoms with Gasteiger partial charge in [-0.15, -0.1) is 0 Å². The summed E-state index contributed by atoms with van der Waals surface area (Å²) < 4.78 is 42.0. The molecule has 0 amide bonds. The summed E-state index contributed by atoms with van der Waals surface area (Å²) in [5, 5.41) is 0.414. The van der Waals surface area contributed by atoms with E-state index in [1.165, 1.54) is 10.4 Å². The quantitative estimate of drug-likeness (QED) is 0.823. The average molecular weight is 362 g/mol. The standard InChI is InChI=1S/C15H21ClFN3O2S/c16-14-4-3-5-15(17)13(14)12-18-8-10-20(11-9-18)23(21,22)19-6-1-2-7-19/h3-5H,1-2,6-12H2. The van der Waals surface area contributed by atoms with E-state index >= 15 is 0 Å². The molecule has 5 nitrogen and oxygen atoms in total. The SMILES string of the molecule is O=S(=O)(N1CCCC1)N1CCN(Cc2c(F)cccc2Cl)CC1. The molecule has 0 saturated carbocycles. The van der Waals surface area contributed by atoms with Crippen molar-refractivity contribution in [1.82, 2.24) is 13.5 Å². The third-order valence-corrected chi connectivity index (χ3v) is 6.88. The first-order valence-corrected chi connectivity index (χ1v) is 9.66. The number of hydrogen-bond donors (Lipinski definition) is 0. The van der Waals surface area contributed by atoms with Crippen molar-refractivity contribution in [3.05, 3.63) is 34.6 Å². The molecule has 3 rings (SSSR count). The zero-order valence-electron chi connectivity index (χ0n) is 12.9. The number of nitrogens with zero attached hydrogens (tertiary/aromatic N) is 3. The first kappa shape index (κ1) is 17.1. The summed E-state index contributed by atoms with van der Waals surface area (Å²) in [6.07, 6.45) is 1.87. The molecule has 0 N–H and O–H groups in total. The fourth-order valence-corrected chi connectivity index (χ4v) is 5.00. The third-order valence-electron chi connectivity index (χ3n) is 4.49. The van der Waals surface area contributed by atoms with E-state index in [1.54, 1.807) is 16.4 Å². The van der Waals surface area contributed by atoms with Crippen LogP contribution in [-0.2, 0) is 16.8 Å². The number of benzene rings is 1. The summed E-state index contributed by atoms with van der Waals surface area (Å²) in [5.41, 5.74) is 0.477. The Labute approximate surface area is 141 Å². The van der Waals surface area contributed by atoms with Crippen molar-refractivity contribution in [2.24, 2.45) is 0 Å². The lowest BCUT2D eigenvalue weighted by molar-refractivity contribution is 0.174. The van der Waals surface area contributed by atoms with Crippen molar-refractivity contribution in [2.45, 2.75) is 19.4 Å². The van der Waals surface area contributed by atoms with Gasteiger partial charge < -0.3 is 0 Å². The highest BCUT2D eigenvalue weighted by Gasteiger charge is 2.33. The van der Waals surface area contributed by atoms with Crippen LogP contribution in [0, 0.1) is 5.82 Å². The smallest absolute Gasteiger partial charge is 0.282 e. The second-order valence-corrected chi connectivity index (χ2v) is 8.33. The minimum atomic E-state index is -3.33. The first-order chi connectivity index (χ1) is 11.0. The van der Waals surface area contributed by atoms with Crippen LogP contribution in [0.2, 0.25) is 5.02 Å². The molecule has 2 fully saturated rings. The summed E-state index contributed by atoms with van der Waals surface area (Å²) in [7, 11) is -3.33. The predicted octanol–water partition coefficient (Wildman–Crippen LogP) is 1.94. The van der Waals surface area contributed by atoms with Crippen molar-refractivity contribution < 1.29 is 12.8 Å². The molecular weight excluding hydrogens is 341 g/mol. The van der Waals surface area contributed by atoms with Crippen molar-refractivity contribution in [1.29, 1.82) is 0 Å². The molecule has 128 valence electrons. The van der Waals surface area contributed by atoms with Crippen LogP contribution in [0.15, 0.2) is 18.2 Å². The van der Waals surface area contributed by atoms with E-state index in [0.29, 0.717) is 56.4 Å². The lowest BCUT2D eigenvalue weighted by Gasteiger charge is -2.35. The lowest BCUT2D eigenvalue weighted by Crippen LogP contribution is -2.52. The summed E-state index contributed by atoms with van der Waals surface area (Å²) in [6.45, 7) is 3.68. The molecule has 2 aliphatic heterocycles. The van der Waals surface area contributed by atoms with E-state index in [2.05, 4.69) is 0 Å². The first-order valence-electron chi connectivity index (χ1n) is 7.89. The van der Waals surface area contributed by atoms with E-state index in [4.69, 9.17) is 11.6 Å². The predicted molar refractivity (Wildman–Crippen MR) is 88.0 cm³/mol. The van der Waals surface area contributed by atoms with Gasteiger partial charge in [0.15, 0.2) is 0 Å². The Morgan fingerprint density at radius 3 is 2.22 bits per heavy atom. The van der Waals surface area contributed by atoms with E-state index in [0.717, 1.165) is 12.8 Å². The Hall–Kier alpha value is -0.730. The van der Waals surface area contributed by atoms with Gasteiger partial charge in [0.1, 0.15) is 5.82 Å². The lowest BCUT2D eigenvalue weighted by atomic mass is 10.2. The van der Waals surface area contributed by atoms with E-state index in [1.807, 2.05) is 4.90 Å². The van der Waals surface area contributed by atoms with Crippen LogP contribution in [0.25, 0.3) is 0 Å². The van der Waals surface area contributed by atoms with Gasteiger partial charge >= 0.3 is 0 Å². The monoisotopic (exact) mass is 361 g/mol. The summed E-state index contributed by atoms with van der Waals surface area (Å²) >= 11 is 6.06. The van der Waals surface area contributed by atoms with Gasteiger partial charge in [0.2, 0.25) is 0 Å². The van der Waals surface area contributed by atoms with Crippen LogP contribution in [0.4, 0.5) is 4.39 Å². The Morgan fingerprint density at radius 1 is 1.00 bits per heavy atom. The van der Waals surface area contributed by atoms with Gasteiger partial charge in [0.05, 0.1) is 0 Å². The maximum absolute atomic E-state index is 13.9. The van der Waals surface area contributed by atoms with Crippen LogP contribution < -0.4 is 0 Å². The molecule has 2 aliphatic rings. The number of halogens is 2. The molecule has 0 bridgehead atoms. The maximum atomic E-state index is 13.9. The van der Waals surface area contributed by atoms with Crippen LogP contribution in [-0.4, -0.2) is 61.2 Å². The van der Waals surface area contributed by atoms with Gasteiger partial charge in [0, 0.05) is 56.4 Å². The fourth-order valence-electron chi connectivity index (χ4n) is 3.11. The van der Waals surface area contributed by atoms with Crippen LogP contribution >= 0.6 is 11.6 Å². The van der Waals surface area contributed by atoms with Gasteiger partial charge in [0.25, 0.3) is 10.2 Å². The second kappa shape index (κ2) is 7.03. The van der Waals surface area contributed by atoms with Gasteiger partial charge in [-0.2, -0.15) is 17.0 Å². The molecule has 1 aromatic carbocycles. The Kier molecular flexibility index (Phi) is 5.22. The molecule has 0 atom stereocenters. The highest BCUT2D eigenvalue weighted by Crippen LogP contribution is 2.23. The van der Waals surface area contributed by atoms with Crippen LogP contribution in [0.3, 0.4) is 0 Å². The molecule has 2 heterocycles. The number of rotatable bonds is 4. The minimum absolute atomic E-state index is 0.315. The molecular formula is C15H21ClFN3O2S. The summed E-state index contributed by atoms with van der Waals surface area (Å²) in [5.74, 6) is -0.315. The van der Waals surface area contributed by atoms with Crippen molar-refractivity contribution >= 4 is 21.8 Å². The van der Waals surface area contributed by atoms with Crippen LogP contribution in [0.1, 0.15) is 18.4 Å². The van der Waals surface area contributed by atoms with Crippen molar-refractivity contribution in [3.8, 4) is 0 Å². The summed E-state index contributed by atoms with van der Waals surface area (Å²) in [6, 6.07) is 4.66. The second-order valence-electron chi connectivity index (χ2n) is 5.99. The summed E-state index contributed by atoms with van der Waals surface area (Å²) in [4.78, 5) is 2.04. The van der Waals surface area contributed by atoms with Gasteiger partial charge in [-0.3, -0.25) is 4.90 Å². The average Bonchev–Trinajstić information content (AvgIpc) is 3.07. The highest BCUT2D eigenvalue weighted by atomic mass is 35.5. The molecule has 2 saturated heterocycles. The van der Waals surface area contributed by atoms with E-state index < -0.39 is 10.2 Å². The van der Waals surface area contributed by atoms with Crippen molar-refractivity contribution in [3.63, 3.8) is 0 Å². The molecule has 0 unspecified atom stereocenters.